The number of aromatic hydroxyl groups is 1. The molecule has 0 bridgehead atoms. The summed E-state index contributed by atoms with van der Waals surface area (Å²) in [5.74, 6) is -0.620. The molecule has 1 saturated heterocycles. The molecule has 7 nitrogen and oxygen atoms in total. The molecule has 3 aromatic rings. The third kappa shape index (κ3) is 2.13. The fourth-order valence-corrected chi connectivity index (χ4v) is 2.65. The van der Waals surface area contributed by atoms with Gasteiger partial charge in [-0.25, -0.2) is 0 Å². The SMILES string of the molecule is O=C1CCC(=O)N1c1ccc(-n2nc3ccccc3n2)c(O)c1. The molecular formula is C16H12N4O3. The monoisotopic (exact) mass is 308 g/mol. The normalized spacial score (nSPS) is 14.9. The van der Waals surface area contributed by atoms with Crippen LogP contribution in [0, 0.1) is 0 Å². The fourth-order valence-electron chi connectivity index (χ4n) is 2.65. The van der Waals surface area contributed by atoms with Gasteiger partial charge in [0.1, 0.15) is 22.5 Å². The molecule has 0 aliphatic carbocycles. The number of anilines is 1. The number of carbonyl (C=O) groups excluding carboxylic acids is 2. The summed E-state index contributed by atoms with van der Waals surface area (Å²) in [5, 5.41) is 18.9. The lowest BCUT2D eigenvalue weighted by Gasteiger charge is -2.14. The van der Waals surface area contributed by atoms with Crippen LogP contribution in [0.5, 0.6) is 5.75 Å². The molecule has 0 atom stereocenters. The summed E-state index contributed by atoms with van der Waals surface area (Å²) in [6.45, 7) is 0. The first-order valence-electron chi connectivity index (χ1n) is 7.15. The van der Waals surface area contributed by atoms with E-state index in [0.717, 1.165) is 4.90 Å². The van der Waals surface area contributed by atoms with Crippen molar-refractivity contribution in [2.75, 3.05) is 4.90 Å². The molecule has 1 aliphatic rings. The van der Waals surface area contributed by atoms with Gasteiger partial charge in [-0.05, 0) is 24.3 Å². The third-order valence-electron chi connectivity index (χ3n) is 3.77. The number of rotatable bonds is 2. The molecule has 2 aromatic carbocycles. The van der Waals surface area contributed by atoms with Crippen LogP contribution in [0.4, 0.5) is 5.69 Å². The number of aromatic nitrogens is 3. The predicted molar refractivity (Wildman–Crippen MR) is 82.3 cm³/mol. The smallest absolute Gasteiger partial charge is 0.234 e. The van der Waals surface area contributed by atoms with E-state index in [1.807, 2.05) is 24.3 Å². The maximum absolute atomic E-state index is 11.8. The molecule has 0 radical (unpaired) electrons. The largest absolute Gasteiger partial charge is 0.506 e. The molecule has 114 valence electrons. The van der Waals surface area contributed by atoms with Gasteiger partial charge in [0.25, 0.3) is 0 Å². The van der Waals surface area contributed by atoms with Gasteiger partial charge in [-0.2, -0.15) is 0 Å². The van der Waals surface area contributed by atoms with Crippen LogP contribution in [0.2, 0.25) is 0 Å². The Morgan fingerprint density at radius 2 is 1.52 bits per heavy atom. The molecule has 1 N–H and O–H groups in total. The fraction of sp³-hybridized carbons (Fsp3) is 0.125. The summed E-state index contributed by atoms with van der Waals surface area (Å²) in [5.41, 5.74) is 2.15. The zero-order valence-electron chi connectivity index (χ0n) is 12.0. The minimum Gasteiger partial charge on any atom is -0.506 e. The molecule has 1 aromatic heterocycles. The van der Waals surface area contributed by atoms with Gasteiger partial charge in [0.2, 0.25) is 11.8 Å². The van der Waals surface area contributed by atoms with E-state index in [2.05, 4.69) is 10.2 Å². The molecule has 23 heavy (non-hydrogen) atoms. The first-order valence-corrected chi connectivity index (χ1v) is 7.15. The molecule has 4 rings (SSSR count). The Morgan fingerprint density at radius 1 is 0.913 bits per heavy atom. The summed E-state index contributed by atoms with van der Waals surface area (Å²) < 4.78 is 0. The summed E-state index contributed by atoms with van der Waals surface area (Å²) in [6, 6.07) is 11.9. The van der Waals surface area contributed by atoms with Crippen molar-refractivity contribution in [2.24, 2.45) is 0 Å². The van der Waals surface area contributed by atoms with Gasteiger partial charge in [0.05, 0.1) is 5.69 Å². The summed E-state index contributed by atoms with van der Waals surface area (Å²) >= 11 is 0. The lowest BCUT2D eigenvalue weighted by atomic mass is 10.2. The Bertz CT molecular complexity index is 898. The van der Waals surface area contributed by atoms with E-state index in [1.165, 1.54) is 10.9 Å². The highest BCUT2D eigenvalue weighted by Crippen LogP contribution is 2.30. The molecule has 0 saturated carbocycles. The van der Waals surface area contributed by atoms with Gasteiger partial charge in [-0.3, -0.25) is 14.5 Å². The molecule has 2 heterocycles. The highest BCUT2D eigenvalue weighted by atomic mass is 16.3. The summed E-state index contributed by atoms with van der Waals surface area (Å²) in [6.07, 6.45) is 0.404. The average Bonchev–Trinajstić information content (AvgIpc) is 3.10. The van der Waals surface area contributed by atoms with Crippen molar-refractivity contribution in [3.63, 3.8) is 0 Å². The third-order valence-corrected chi connectivity index (χ3v) is 3.77. The van der Waals surface area contributed by atoms with E-state index < -0.39 is 0 Å². The van der Waals surface area contributed by atoms with Gasteiger partial charge in [-0.1, -0.05) is 12.1 Å². The van der Waals surface area contributed by atoms with Crippen LogP contribution in [-0.2, 0) is 9.59 Å². The van der Waals surface area contributed by atoms with Gasteiger partial charge in [0.15, 0.2) is 0 Å². The van der Waals surface area contributed by atoms with Crippen LogP contribution in [0.3, 0.4) is 0 Å². The Balaban J connectivity index is 1.76. The second kappa shape index (κ2) is 4.91. The quantitative estimate of drug-likeness (QED) is 0.729. The first kappa shape index (κ1) is 13.4. The molecule has 2 amide bonds. The molecule has 0 unspecified atom stereocenters. The van der Waals surface area contributed by atoms with Crippen LogP contribution >= 0.6 is 0 Å². The van der Waals surface area contributed by atoms with Crippen molar-refractivity contribution in [3.8, 4) is 11.4 Å². The Labute approximate surface area is 130 Å². The predicted octanol–water partition coefficient (Wildman–Crippen LogP) is 1.78. The average molecular weight is 308 g/mol. The molecule has 1 aliphatic heterocycles. The first-order chi connectivity index (χ1) is 11.1. The van der Waals surface area contributed by atoms with Crippen molar-refractivity contribution in [2.45, 2.75) is 12.8 Å². The lowest BCUT2D eigenvalue weighted by molar-refractivity contribution is -0.121. The number of carbonyl (C=O) groups is 2. The number of nitrogens with zero attached hydrogens (tertiary/aromatic N) is 4. The van der Waals surface area contributed by atoms with E-state index in [-0.39, 0.29) is 30.4 Å². The second-order valence-electron chi connectivity index (χ2n) is 5.27. The van der Waals surface area contributed by atoms with E-state index in [9.17, 15) is 14.7 Å². The molecule has 0 spiro atoms. The summed E-state index contributed by atoms with van der Waals surface area (Å²) in [4.78, 5) is 25.9. The number of hydrogen-bond donors (Lipinski definition) is 1. The Hall–Kier alpha value is -3.22. The van der Waals surface area contributed by atoms with Crippen LogP contribution < -0.4 is 4.90 Å². The van der Waals surface area contributed by atoms with Crippen LogP contribution in [0.15, 0.2) is 42.5 Å². The van der Waals surface area contributed by atoms with Crippen molar-refractivity contribution in [1.82, 2.24) is 15.0 Å². The number of amides is 2. The van der Waals surface area contributed by atoms with Gasteiger partial charge < -0.3 is 5.11 Å². The van der Waals surface area contributed by atoms with Crippen LogP contribution in [0.25, 0.3) is 16.7 Å². The Morgan fingerprint density at radius 3 is 2.09 bits per heavy atom. The highest BCUT2D eigenvalue weighted by molar-refractivity contribution is 6.19. The maximum atomic E-state index is 11.8. The maximum Gasteiger partial charge on any atom is 0.234 e. The van der Waals surface area contributed by atoms with E-state index in [1.54, 1.807) is 12.1 Å². The number of phenols is 1. The minimum atomic E-state index is -0.259. The second-order valence-corrected chi connectivity index (χ2v) is 5.27. The summed E-state index contributed by atoms with van der Waals surface area (Å²) in [7, 11) is 0. The van der Waals surface area contributed by atoms with E-state index in [4.69, 9.17) is 0 Å². The number of imide groups is 1. The number of fused-ring (bicyclic) bond motifs is 1. The topological polar surface area (TPSA) is 88.3 Å². The number of benzene rings is 2. The van der Waals surface area contributed by atoms with Gasteiger partial charge in [-0.15, -0.1) is 15.0 Å². The Kier molecular flexibility index (Phi) is 2.87. The van der Waals surface area contributed by atoms with Crippen molar-refractivity contribution < 1.29 is 14.7 Å². The lowest BCUT2D eigenvalue weighted by Crippen LogP contribution is -2.28. The van der Waals surface area contributed by atoms with Crippen LogP contribution in [-0.4, -0.2) is 31.9 Å². The van der Waals surface area contributed by atoms with Crippen molar-refractivity contribution >= 4 is 28.5 Å². The van der Waals surface area contributed by atoms with Gasteiger partial charge >= 0.3 is 0 Å². The molecule has 7 heteroatoms. The minimum absolute atomic E-state index is 0.102. The van der Waals surface area contributed by atoms with E-state index in [0.29, 0.717) is 22.4 Å². The number of phenolic OH excluding ortho intramolecular Hbond substituents is 1. The zero-order chi connectivity index (χ0) is 16.0. The van der Waals surface area contributed by atoms with Gasteiger partial charge in [0, 0.05) is 18.9 Å². The van der Waals surface area contributed by atoms with E-state index >= 15 is 0 Å². The highest BCUT2D eigenvalue weighted by Gasteiger charge is 2.30. The van der Waals surface area contributed by atoms with Crippen molar-refractivity contribution in [3.05, 3.63) is 42.5 Å². The standard InChI is InChI=1S/C16H12N4O3/c21-14-9-10(19-15(22)7-8-16(19)23)5-6-13(14)20-17-11-3-1-2-4-12(11)18-20/h1-6,9,21H,7-8H2. The van der Waals surface area contributed by atoms with Crippen LogP contribution in [0.1, 0.15) is 12.8 Å². The molecule has 1 fully saturated rings. The molecular weight excluding hydrogens is 296 g/mol. The zero-order valence-corrected chi connectivity index (χ0v) is 12.0. The van der Waals surface area contributed by atoms with Crippen molar-refractivity contribution in [1.29, 1.82) is 0 Å². The number of hydrogen-bond acceptors (Lipinski definition) is 5.